The first kappa shape index (κ1) is 14.3. The molecule has 2 aromatic rings. The van der Waals surface area contributed by atoms with Crippen molar-refractivity contribution in [2.24, 2.45) is 0 Å². The first-order valence-corrected chi connectivity index (χ1v) is 7.64. The number of aryl methyl sites for hydroxylation is 2. The Hall–Kier alpha value is -1.65. The zero-order valence-corrected chi connectivity index (χ0v) is 12.7. The number of hydrogen-bond donors (Lipinski definition) is 1. The Balaban J connectivity index is 1.79. The highest BCUT2D eigenvalue weighted by atomic mass is 16.5. The summed E-state index contributed by atoms with van der Waals surface area (Å²) in [4.78, 5) is 0. The Morgan fingerprint density at radius 1 is 1.24 bits per heavy atom. The van der Waals surface area contributed by atoms with E-state index in [9.17, 15) is 5.11 Å². The van der Waals surface area contributed by atoms with Crippen LogP contribution >= 0.6 is 0 Å². The van der Waals surface area contributed by atoms with Crippen LogP contribution in [0.15, 0.2) is 24.3 Å². The van der Waals surface area contributed by atoms with Gasteiger partial charge in [0.05, 0.1) is 25.0 Å². The number of aromatic nitrogens is 2. The number of fused-ring (bicyclic) bond motifs is 1. The third-order valence-corrected chi connectivity index (χ3v) is 4.11. The smallest absolute Gasteiger partial charge is 0.0845 e. The Labute approximate surface area is 125 Å². The fraction of sp³-hybridized carbons (Fsp3) is 0.471. The molecule has 0 saturated carbocycles. The summed E-state index contributed by atoms with van der Waals surface area (Å²) in [5.74, 6) is 0. The van der Waals surface area contributed by atoms with Crippen LogP contribution in [0.3, 0.4) is 0 Å². The first-order valence-electron chi connectivity index (χ1n) is 7.64. The molecule has 0 saturated heterocycles. The molecule has 0 amide bonds. The number of rotatable bonds is 5. The van der Waals surface area contributed by atoms with Crippen molar-refractivity contribution in [2.75, 3.05) is 0 Å². The molecule has 1 atom stereocenters. The van der Waals surface area contributed by atoms with Gasteiger partial charge in [-0.25, -0.2) is 0 Å². The molecule has 0 radical (unpaired) electrons. The van der Waals surface area contributed by atoms with Crippen LogP contribution in [0.2, 0.25) is 0 Å². The molecule has 21 heavy (non-hydrogen) atoms. The maximum atomic E-state index is 10.5. The van der Waals surface area contributed by atoms with E-state index in [4.69, 9.17) is 4.74 Å². The molecule has 2 heterocycles. The van der Waals surface area contributed by atoms with Crippen LogP contribution in [0, 0.1) is 0 Å². The summed E-state index contributed by atoms with van der Waals surface area (Å²) >= 11 is 0. The molecule has 0 aliphatic carbocycles. The second-order valence-corrected chi connectivity index (χ2v) is 5.54. The number of benzene rings is 1. The molecule has 112 valence electrons. The number of nitrogens with zero attached hydrogens (tertiary/aromatic N) is 2. The van der Waals surface area contributed by atoms with Crippen LogP contribution in [-0.4, -0.2) is 14.9 Å². The van der Waals surface area contributed by atoms with Gasteiger partial charge in [0.1, 0.15) is 0 Å². The molecule has 4 nitrogen and oxygen atoms in total. The van der Waals surface area contributed by atoms with E-state index in [0.717, 1.165) is 29.9 Å². The fourth-order valence-corrected chi connectivity index (χ4v) is 2.84. The van der Waals surface area contributed by atoms with E-state index in [1.807, 2.05) is 10.7 Å². The van der Waals surface area contributed by atoms with Crippen molar-refractivity contribution in [1.82, 2.24) is 9.78 Å². The molecule has 3 rings (SSSR count). The van der Waals surface area contributed by atoms with Crippen molar-refractivity contribution in [2.45, 2.75) is 52.6 Å². The summed E-state index contributed by atoms with van der Waals surface area (Å²) in [7, 11) is 0. The van der Waals surface area contributed by atoms with Gasteiger partial charge in [-0.1, -0.05) is 25.1 Å². The topological polar surface area (TPSA) is 47.3 Å². The van der Waals surface area contributed by atoms with Gasteiger partial charge in [0.2, 0.25) is 0 Å². The van der Waals surface area contributed by atoms with Crippen molar-refractivity contribution in [1.29, 1.82) is 0 Å². The molecule has 1 aliphatic heterocycles. The zero-order valence-electron chi connectivity index (χ0n) is 12.7. The summed E-state index contributed by atoms with van der Waals surface area (Å²) in [6.07, 6.45) is 1.02. The quantitative estimate of drug-likeness (QED) is 0.919. The average Bonchev–Trinajstić information content (AvgIpc) is 3.12. The second kappa shape index (κ2) is 6.00. The third kappa shape index (κ3) is 2.87. The highest BCUT2D eigenvalue weighted by molar-refractivity contribution is 5.34. The largest absolute Gasteiger partial charge is 0.388 e. The standard InChI is InChI=1S/C17H22N2O2/c1-3-15-8-16(19(4-2)18-15)9-17(20)12-5-6-13-10-21-11-14(13)7-12/h5-8,17,20H,3-4,9-11H2,1-2H3. The third-order valence-electron chi connectivity index (χ3n) is 4.11. The van der Waals surface area contributed by atoms with Crippen molar-refractivity contribution < 1.29 is 9.84 Å². The minimum Gasteiger partial charge on any atom is -0.388 e. The average molecular weight is 286 g/mol. The predicted molar refractivity (Wildman–Crippen MR) is 80.9 cm³/mol. The van der Waals surface area contributed by atoms with E-state index in [0.29, 0.717) is 19.6 Å². The lowest BCUT2D eigenvalue weighted by Crippen LogP contribution is -2.08. The molecule has 1 aromatic carbocycles. The van der Waals surface area contributed by atoms with Gasteiger partial charge < -0.3 is 9.84 Å². The van der Waals surface area contributed by atoms with Crippen molar-refractivity contribution in [3.8, 4) is 0 Å². The highest BCUT2D eigenvalue weighted by Crippen LogP contribution is 2.26. The molecule has 0 fully saturated rings. The number of aliphatic hydroxyl groups is 1. The minimum atomic E-state index is -0.498. The Morgan fingerprint density at radius 3 is 2.81 bits per heavy atom. The maximum absolute atomic E-state index is 10.5. The molecule has 1 N–H and O–H groups in total. The van der Waals surface area contributed by atoms with Gasteiger partial charge in [0.15, 0.2) is 0 Å². The van der Waals surface area contributed by atoms with Crippen molar-refractivity contribution >= 4 is 0 Å². The van der Waals surface area contributed by atoms with Crippen molar-refractivity contribution in [3.63, 3.8) is 0 Å². The monoisotopic (exact) mass is 286 g/mol. The number of hydrogen-bond acceptors (Lipinski definition) is 3. The molecule has 4 heteroatoms. The Kier molecular flexibility index (Phi) is 4.08. The van der Waals surface area contributed by atoms with Gasteiger partial charge in [-0.15, -0.1) is 0 Å². The van der Waals surface area contributed by atoms with Gasteiger partial charge in [-0.05, 0) is 36.1 Å². The highest BCUT2D eigenvalue weighted by Gasteiger charge is 2.17. The molecular formula is C17H22N2O2. The van der Waals surface area contributed by atoms with E-state index in [2.05, 4.69) is 37.1 Å². The van der Waals surface area contributed by atoms with Gasteiger partial charge in [0.25, 0.3) is 0 Å². The number of aliphatic hydroxyl groups excluding tert-OH is 1. The normalized spacial score (nSPS) is 15.2. The lowest BCUT2D eigenvalue weighted by molar-refractivity contribution is 0.134. The van der Waals surface area contributed by atoms with E-state index in [-0.39, 0.29) is 0 Å². The lowest BCUT2D eigenvalue weighted by atomic mass is 10.00. The Bertz CT molecular complexity index is 634. The summed E-state index contributed by atoms with van der Waals surface area (Å²) in [6, 6.07) is 8.24. The van der Waals surface area contributed by atoms with Gasteiger partial charge in [-0.2, -0.15) is 5.10 Å². The molecule has 1 aromatic heterocycles. The van der Waals surface area contributed by atoms with E-state index >= 15 is 0 Å². The van der Waals surface area contributed by atoms with Crippen LogP contribution in [0.25, 0.3) is 0 Å². The van der Waals surface area contributed by atoms with Crippen LogP contribution in [0.4, 0.5) is 0 Å². The predicted octanol–water partition coefficient (Wildman–Crippen LogP) is 2.77. The summed E-state index contributed by atoms with van der Waals surface area (Å²) in [5.41, 5.74) is 5.57. The van der Waals surface area contributed by atoms with Gasteiger partial charge >= 0.3 is 0 Å². The fourth-order valence-electron chi connectivity index (χ4n) is 2.84. The molecule has 1 unspecified atom stereocenters. The second-order valence-electron chi connectivity index (χ2n) is 5.54. The van der Waals surface area contributed by atoms with E-state index < -0.39 is 6.10 Å². The molecule has 1 aliphatic rings. The summed E-state index contributed by atoms with van der Waals surface area (Å²) < 4.78 is 7.41. The SMILES string of the molecule is CCc1cc(CC(O)c2ccc3c(c2)COC3)n(CC)n1. The molecule has 0 spiro atoms. The minimum absolute atomic E-state index is 0.498. The summed E-state index contributed by atoms with van der Waals surface area (Å²) in [6.45, 7) is 6.36. The van der Waals surface area contributed by atoms with E-state index in [1.54, 1.807) is 0 Å². The zero-order chi connectivity index (χ0) is 14.8. The van der Waals surface area contributed by atoms with E-state index in [1.165, 1.54) is 11.1 Å². The maximum Gasteiger partial charge on any atom is 0.0845 e. The molecule has 0 bridgehead atoms. The number of ether oxygens (including phenoxy) is 1. The Morgan fingerprint density at radius 2 is 2.05 bits per heavy atom. The van der Waals surface area contributed by atoms with Crippen LogP contribution in [-0.2, 0) is 37.3 Å². The lowest BCUT2D eigenvalue weighted by Gasteiger charge is -2.13. The van der Waals surface area contributed by atoms with Crippen LogP contribution < -0.4 is 0 Å². The van der Waals surface area contributed by atoms with Crippen molar-refractivity contribution in [3.05, 3.63) is 52.3 Å². The van der Waals surface area contributed by atoms with Crippen LogP contribution in [0.5, 0.6) is 0 Å². The van der Waals surface area contributed by atoms with Gasteiger partial charge in [0, 0.05) is 18.7 Å². The van der Waals surface area contributed by atoms with Crippen LogP contribution in [0.1, 0.15) is 48.0 Å². The van der Waals surface area contributed by atoms with Gasteiger partial charge in [-0.3, -0.25) is 4.68 Å². The first-order chi connectivity index (χ1) is 10.2. The molecular weight excluding hydrogens is 264 g/mol. The summed E-state index contributed by atoms with van der Waals surface area (Å²) in [5, 5.41) is 15.1.